The Labute approximate surface area is 76.3 Å². The molecule has 0 saturated carbocycles. The van der Waals surface area contributed by atoms with Crippen LogP contribution >= 0.6 is 0 Å². The van der Waals surface area contributed by atoms with Gasteiger partial charge in [-0.25, -0.2) is 9.59 Å². The van der Waals surface area contributed by atoms with Crippen LogP contribution in [0.5, 0.6) is 0 Å². The zero-order valence-corrected chi connectivity index (χ0v) is 7.74. The highest BCUT2D eigenvalue weighted by atomic mass is 16.6. The SMILES string of the molecule is CC(C)(C(=O)O)N1CCCOC1=O. The van der Waals surface area contributed by atoms with E-state index < -0.39 is 17.6 Å². The first-order valence-electron chi connectivity index (χ1n) is 4.14. The summed E-state index contributed by atoms with van der Waals surface area (Å²) in [6.07, 6.45) is 0.140. The average Bonchev–Trinajstić information content (AvgIpc) is 2.04. The maximum absolute atomic E-state index is 11.2. The van der Waals surface area contributed by atoms with Crippen molar-refractivity contribution in [2.24, 2.45) is 0 Å². The van der Waals surface area contributed by atoms with Gasteiger partial charge in [0.25, 0.3) is 0 Å². The highest BCUT2D eigenvalue weighted by Gasteiger charge is 2.39. The van der Waals surface area contributed by atoms with Crippen molar-refractivity contribution in [3.63, 3.8) is 0 Å². The fraction of sp³-hybridized carbons (Fsp3) is 0.750. The Balaban J connectivity index is 2.79. The second-order valence-electron chi connectivity index (χ2n) is 3.48. The number of aliphatic carboxylic acids is 1. The molecule has 0 aromatic carbocycles. The van der Waals surface area contributed by atoms with Crippen LogP contribution in [0.3, 0.4) is 0 Å². The van der Waals surface area contributed by atoms with Crippen LogP contribution in [-0.2, 0) is 9.53 Å². The number of carbonyl (C=O) groups is 2. The lowest BCUT2D eigenvalue weighted by Crippen LogP contribution is -2.55. The number of carbonyl (C=O) groups excluding carboxylic acids is 1. The van der Waals surface area contributed by atoms with Crippen molar-refractivity contribution < 1.29 is 19.4 Å². The summed E-state index contributed by atoms with van der Waals surface area (Å²) >= 11 is 0. The van der Waals surface area contributed by atoms with Crippen LogP contribution in [-0.4, -0.2) is 40.8 Å². The van der Waals surface area contributed by atoms with Gasteiger partial charge in [-0.05, 0) is 20.3 Å². The van der Waals surface area contributed by atoms with Gasteiger partial charge in [0.2, 0.25) is 0 Å². The minimum Gasteiger partial charge on any atom is -0.480 e. The van der Waals surface area contributed by atoms with Crippen LogP contribution in [0.25, 0.3) is 0 Å². The van der Waals surface area contributed by atoms with Gasteiger partial charge in [0.1, 0.15) is 5.54 Å². The fourth-order valence-electron chi connectivity index (χ4n) is 1.17. The summed E-state index contributed by atoms with van der Waals surface area (Å²) in [4.78, 5) is 23.2. The molecular weight excluding hydrogens is 174 g/mol. The highest BCUT2D eigenvalue weighted by molar-refractivity contribution is 5.83. The molecule has 0 bridgehead atoms. The van der Waals surface area contributed by atoms with E-state index in [4.69, 9.17) is 9.84 Å². The molecule has 1 N–H and O–H groups in total. The molecule has 0 spiro atoms. The van der Waals surface area contributed by atoms with E-state index in [0.29, 0.717) is 19.6 Å². The molecule has 1 amide bonds. The maximum atomic E-state index is 11.2. The normalized spacial score (nSPS) is 18.3. The van der Waals surface area contributed by atoms with Crippen LogP contribution in [0.4, 0.5) is 4.79 Å². The van der Waals surface area contributed by atoms with Gasteiger partial charge in [0.15, 0.2) is 0 Å². The van der Waals surface area contributed by atoms with Gasteiger partial charge in [-0.15, -0.1) is 0 Å². The van der Waals surface area contributed by atoms with Crippen molar-refractivity contribution in [3.8, 4) is 0 Å². The molecule has 0 unspecified atom stereocenters. The summed E-state index contributed by atoms with van der Waals surface area (Å²) in [7, 11) is 0. The summed E-state index contributed by atoms with van der Waals surface area (Å²) in [5.41, 5.74) is -1.18. The molecule has 0 aliphatic carbocycles. The molecule has 1 aliphatic rings. The number of hydrogen-bond acceptors (Lipinski definition) is 3. The van der Waals surface area contributed by atoms with E-state index >= 15 is 0 Å². The predicted molar refractivity (Wildman–Crippen MR) is 44.4 cm³/mol. The van der Waals surface area contributed by atoms with Gasteiger partial charge in [0.05, 0.1) is 6.61 Å². The summed E-state index contributed by atoms with van der Waals surface area (Å²) in [5, 5.41) is 8.86. The summed E-state index contributed by atoms with van der Waals surface area (Å²) in [6.45, 7) is 3.80. The Kier molecular flexibility index (Phi) is 2.45. The van der Waals surface area contributed by atoms with E-state index in [1.807, 2.05) is 0 Å². The third-order valence-electron chi connectivity index (χ3n) is 2.17. The summed E-state index contributed by atoms with van der Waals surface area (Å²) < 4.78 is 4.75. The van der Waals surface area contributed by atoms with Crippen molar-refractivity contribution in [2.45, 2.75) is 25.8 Å². The lowest BCUT2D eigenvalue weighted by molar-refractivity contribution is -0.149. The van der Waals surface area contributed by atoms with Gasteiger partial charge in [-0.2, -0.15) is 0 Å². The maximum Gasteiger partial charge on any atom is 0.410 e. The number of hydrogen-bond donors (Lipinski definition) is 1. The van der Waals surface area contributed by atoms with E-state index in [9.17, 15) is 9.59 Å². The number of amides is 1. The van der Waals surface area contributed by atoms with Gasteiger partial charge in [-0.1, -0.05) is 0 Å². The molecular formula is C8H13NO4. The zero-order valence-electron chi connectivity index (χ0n) is 7.74. The number of carboxylic acids is 1. The Hall–Kier alpha value is -1.26. The molecule has 1 rings (SSSR count). The molecule has 0 aromatic rings. The third kappa shape index (κ3) is 1.74. The topological polar surface area (TPSA) is 66.8 Å². The van der Waals surface area contributed by atoms with Gasteiger partial charge in [0, 0.05) is 6.54 Å². The zero-order chi connectivity index (χ0) is 10.1. The molecule has 1 saturated heterocycles. The molecule has 74 valence electrons. The quantitative estimate of drug-likeness (QED) is 0.690. The Morgan fingerprint density at radius 3 is 2.69 bits per heavy atom. The largest absolute Gasteiger partial charge is 0.480 e. The van der Waals surface area contributed by atoms with E-state index in [1.165, 1.54) is 18.7 Å². The predicted octanol–water partition coefficient (Wildman–Crippen LogP) is 0.692. The van der Waals surface area contributed by atoms with Gasteiger partial charge in [-0.3, -0.25) is 4.90 Å². The second-order valence-corrected chi connectivity index (χ2v) is 3.48. The van der Waals surface area contributed by atoms with Crippen LogP contribution in [0.15, 0.2) is 0 Å². The highest BCUT2D eigenvalue weighted by Crippen LogP contribution is 2.19. The van der Waals surface area contributed by atoms with Crippen molar-refractivity contribution in [1.82, 2.24) is 4.90 Å². The standard InChI is InChI=1S/C8H13NO4/c1-8(2,6(10)11)9-4-3-5-13-7(9)12/h3-5H2,1-2H3,(H,10,11). The number of cyclic esters (lactones) is 1. The lowest BCUT2D eigenvalue weighted by Gasteiger charge is -2.36. The van der Waals surface area contributed by atoms with E-state index in [0.717, 1.165) is 0 Å². The molecule has 1 fully saturated rings. The van der Waals surface area contributed by atoms with Crippen LogP contribution in [0.2, 0.25) is 0 Å². The Morgan fingerprint density at radius 1 is 1.62 bits per heavy atom. The van der Waals surface area contributed by atoms with Crippen LogP contribution in [0.1, 0.15) is 20.3 Å². The molecule has 0 aromatic heterocycles. The minimum atomic E-state index is -1.18. The first-order chi connectivity index (χ1) is 5.96. The van der Waals surface area contributed by atoms with Crippen LogP contribution in [0, 0.1) is 0 Å². The number of nitrogens with zero attached hydrogens (tertiary/aromatic N) is 1. The minimum absolute atomic E-state index is 0.380. The molecule has 1 aliphatic heterocycles. The van der Waals surface area contributed by atoms with E-state index in [2.05, 4.69) is 0 Å². The number of rotatable bonds is 2. The third-order valence-corrected chi connectivity index (χ3v) is 2.17. The molecule has 5 nitrogen and oxygen atoms in total. The number of ether oxygens (including phenoxy) is 1. The molecule has 0 radical (unpaired) electrons. The molecule has 0 atom stereocenters. The lowest BCUT2D eigenvalue weighted by atomic mass is 10.0. The summed E-state index contributed by atoms with van der Waals surface area (Å²) in [6, 6.07) is 0. The Bertz CT molecular complexity index is 236. The van der Waals surface area contributed by atoms with Crippen molar-refractivity contribution in [2.75, 3.05) is 13.2 Å². The monoisotopic (exact) mass is 187 g/mol. The molecule has 1 heterocycles. The van der Waals surface area contributed by atoms with Crippen molar-refractivity contribution >= 4 is 12.1 Å². The van der Waals surface area contributed by atoms with E-state index in [-0.39, 0.29) is 0 Å². The van der Waals surface area contributed by atoms with Crippen LogP contribution < -0.4 is 0 Å². The van der Waals surface area contributed by atoms with Crippen molar-refractivity contribution in [3.05, 3.63) is 0 Å². The smallest absolute Gasteiger partial charge is 0.410 e. The van der Waals surface area contributed by atoms with Crippen molar-refractivity contribution in [1.29, 1.82) is 0 Å². The first-order valence-corrected chi connectivity index (χ1v) is 4.14. The summed E-state index contributed by atoms with van der Waals surface area (Å²) in [5.74, 6) is -1.02. The van der Waals surface area contributed by atoms with E-state index in [1.54, 1.807) is 0 Å². The fourth-order valence-corrected chi connectivity index (χ4v) is 1.17. The number of carboxylic acid groups (broad SMARTS) is 1. The van der Waals surface area contributed by atoms with Gasteiger partial charge < -0.3 is 9.84 Å². The first kappa shape index (κ1) is 9.83. The average molecular weight is 187 g/mol. The van der Waals surface area contributed by atoms with Gasteiger partial charge >= 0.3 is 12.1 Å². The molecule has 5 heteroatoms. The molecule has 13 heavy (non-hydrogen) atoms. The Morgan fingerprint density at radius 2 is 2.23 bits per heavy atom. The second kappa shape index (κ2) is 3.24.